The Morgan fingerprint density at radius 1 is 1.32 bits per heavy atom. The summed E-state index contributed by atoms with van der Waals surface area (Å²) in [6.45, 7) is 5.42. The SMILES string of the molecule is CC(C)(C)OC(=O)N1CCC(=O)Nc2cc(C(=O)O)ccc21. The third-order valence-corrected chi connectivity index (χ3v) is 2.98. The number of nitrogens with zero attached hydrogens (tertiary/aromatic N) is 1. The fraction of sp³-hybridized carbons (Fsp3) is 0.400. The van der Waals surface area contributed by atoms with Gasteiger partial charge in [0.05, 0.1) is 16.9 Å². The van der Waals surface area contributed by atoms with Crippen molar-refractivity contribution in [3.63, 3.8) is 0 Å². The van der Waals surface area contributed by atoms with E-state index in [9.17, 15) is 14.4 Å². The third-order valence-electron chi connectivity index (χ3n) is 2.98. The molecule has 1 aromatic carbocycles. The topological polar surface area (TPSA) is 95.9 Å². The minimum absolute atomic E-state index is 0.0325. The summed E-state index contributed by atoms with van der Waals surface area (Å²) in [6, 6.07) is 4.21. The first-order valence-electron chi connectivity index (χ1n) is 6.85. The standard InChI is InChI=1S/C15H18N2O5/c1-15(2,3)22-14(21)17-7-6-12(18)16-10-8-9(13(19)20)4-5-11(10)17/h4-5,8H,6-7H2,1-3H3,(H,16,18)(H,19,20). The van der Waals surface area contributed by atoms with Crippen molar-refractivity contribution in [2.45, 2.75) is 32.8 Å². The third kappa shape index (κ3) is 3.55. The van der Waals surface area contributed by atoms with E-state index in [1.54, 1.807) is 20.8 Å². The first-order chi connectivity index (χ1) is 10.2. The maximum absolute atomic E-state index is 12.3. The van der Waals surface area contributed by atoms with Crippen molar-refractivity contribution in [2.75, 3.05) is 16.8 Å². The molecule has 0 radical (unpaired) electrons. The Morgan fingerprint density at radius 3 is 2.59 bits per heavy atom. The van der Waals surface area contributed by atoms with Crippen LogP contribution >= 0.6 is 0 Å². The highest BCUT2D eigenvalue weighted by Gasteiger charge is 2.28. The maximum atomic E-state index is 12.3. The predicted molar refractivity (Wildman–Crippen MR) is 80.2 cm³/mol. The summed E-state index contributed by atoms with van der Waals surface area (Å²) in [5.41, 5.74) is 0.0746. The molecule has 0 atom stereocenters. The van der Waals surface area contributed by atoms with E-state index in [0.29, 0.717) is 5.69 Å². The van der Waals surface area contributed by atoms with Gasteiger partial charge in [0.25, 0.3) is 0 Å². The smallest absolute Gasteiger partial charge is 0.414 e. The zero-order chi connectivity index (χ0) is 16.5. The second-order valence-corrected chi connectivity index (χ2v) is 5.97. The monoisotopic (exact) mass is 306 g/mol. The van der Waals surface area contributed by atoms with Gasteiger partial charge in [0.2, 0.25) is 5.91 Å². The maximum Gasteiger partial charge on any atom is 0.414 e. The molecule has 0 spiro atoms. The molecule has 7 nitrogen and oxygen atoms in total. The lowest BCUT2D eigenvalue weighted by Crippen LogP contribution is -2.37. The Kier molecular flexibility index (Phi) is 4.07. The first kappa shape index (κ1) is 15.8. The van der Waals surface area contributed by atoms with Gasteiger partial charge in [-0.1, -0.05) is 0 Å². The van der Waals surface area contributed by atoms with E-state index in [4.69, 9.17) is 9.84 Å². The molecule has 0 aliphatic carbocycles. The Morgan fingerprint density at radius 2 is 2.00 bits per heavy atom. The molecule has 22 heavy (non-hydrogen) atoms. The number of aromatic carboxylic acids is 1. The van der Waals surface area contributed by atoms with Gasteiger partial charge >= 0.3 is 12.1 Å². The van der Waals surface area contributed by atoms with Gasteiger partial charge in [-0.25, -0.2) is 9.59 Å². The molecule has 118 valence electrons. The molecule has 1 aliphatic heterocycles. The number of carbonyl (C=O) groups is 3. The number of nitrogens with one attached hydrogen (secondary N) is 1. The molecule has 1 aliphatic rings. The van der Waals surface area contributed by atoms with Crippen LogP contribution in [0.25, 0.3) is 0 Å². The number of fused-ring (bicyclic) bond motifs is 1. The van der Waals surface area contributed by atoms with Crippen LogP contribution in [0, 0.1) is 0 Å². The van der Waals surface area contributed by atoms with Crippen molar-refractivity contribution in [2.24, 2.45) is 0 Å². The number of carboxylic acids is 1. The molecule has 2 amide bonds. The number of hydrogen-bond donors (Lipinski definition) is 2. The second-order valence-electron chi connectivity index (χ2n) is 5.97. The molecule has 2 rings (SSSR count). The quantitative estimate of drug-likeness (QED) is 0.831. The van der Waals surface area contributed by atoms with Gasteiger partial charge < -0.3 is 15.2 Å². The molecule has 0 aromatic heterocycles. The number of benzene rings is 1. The number of ether oxygens (including phenoxy) is 1. The number of anilines is 2. The molecule has 0 bridgehead atoms. The Balaban J connectivity index is 2.40. The summed E-state index contributed by atoms with van der Waals surface area (Å²) in [5.74, 6) is -1.39. The lowest BCUT2D eigenvalue weighted by atomic mass is 10.1. The summed E-state index contributed by atoms with van der Waals surface area (Å²) in [7, 11) is 0. The van der Waals surface area contributed by atoms with Crippen LogP contribution in [0.15, 0.2) is 18.2 Å². The van der Waals surface area contributed by atoms with Gasteiger partial charge in [-0.3, -0.25) is 9.69 Å². The fourth-order valence-electron chi connectivity index (χ4n) is 2.06. The van der Waals surface area contributed by atoms with Crippen molar-refractivity contribution >= 4 is 29.3 Å². The predicted octanol–water partition coefficient (Wildman–Crippen LogP) is 2.47. The Hall–Kier alpha value is -2.57. The van der Waals surface area contributed by atoms with Gasteiger partial charge in [0.15, 0.2) is 0 Å². The van der Waals surface area contributed by atoms with Crippen molar-refractivity contribution in [1.29, 1.82) is 0 Å². The zero-order valence-electron chi connectivity index (χ0n) is 12.7. The van der Waals surface area contributed by atoms with Gasteiger partial charge in [0, 0.05) is 13.0 Å². The summed E-state index contributed by atoms with van der Waals surface area (Å²) in [4.78, 5) is 36.4. The summed E-state index contributed by atoms with van der Waals surface area (Å²) in [5, 5.41) is 11.6. The van der Waals surface area contributed by atoms with Crippen LogP contribution in [-0.4, -0.2) is 35.2 Å². The number of rotatable bonds is 1. The zero-order valence-corrected chi connectivity index (χ0v) is 12.7. The van der Waals surface area contributed by atoms with Crippen LogP contribution in [0.4, 0.5) is 16.2 Å². The number of carboxylic acid groups (broad SMARTS) is 1. The molecule has 7 heteroatoms. The highest BCUT2D eigenvalue weighted by atomic mass is 16.6. The average molecular weight is 306 g/mol. The number of amides is 2. The molecule has 0 saturated heterocycles. The van der Waals surface area contributed by atoms with E-state index in [-0.39, 0.29) is 30.1 Å². The number of hydrogen-bond acceptors (Lipinski definition) is 4. The van der Waals surface area contributed by atoms with Crippen LogP contribution in [0.1, 0.15) is 37.6 Å². The van der Waals surface area contributed by atoms with E-state index in [2.05, 4.69) is 5.32 Å². The Labute approximate surface area is 127 Å². The highest BCUT2D eigenvalue weighted by molar-refractivity contribution is 6.03. The minimum Gasteiger partial charge on any atom is -0.478 e. The van der Waals surface area contributed by atoms with Gasteiger partial charge in [0.1, 0.15) is 5.60 Å². The van der Waals surface area contributed by atoms with Crippen LogP contribution in [0.5, 0.6) is 0 Å². The average Bonchev–Trinajstić information content (AvgIpc) is 2.53. The van der Waals surface area contributed by atoms with Crippen LogP contribution < -0.4 is 10.2 Å². The van der Waals surface area contributed by atoms with Crippen molar-refractivity contribution < 1.29 is 24.2 Å². The second kappa shape index (κ2) is 5.67. The summed E-state index contributed by atoms with van der Waals surface area (Å²) < 4.78 is 5.33. The molecule has 0 saturated carbocycles. The van der Waals surface area contributed by atoms with Crippen LogP contribution in [0.2, 0.25) is 0 Å². The first-order valence-corrected chi connectivity index (χ1v) is 6.85. The molecule has 1 aromatic rings. The molecule has 0 fully saturated rings. The minimum atomic E-state index is -1.11. The Bertz CT molecular complexity index is 633. The summed E-state index contributed by atoms with van der Waals surface area (Å²) >= 11 is 0. The van der Waals surface area contributed by atoms with Crippen molar-refractivity contribution in [1.82, 2.24) is 0 Å². The van der Waals surface area contributed by atoms with Crippen molar-refractivity contribution in [3.05, 3.63) is 23.8 Å². The summed E-state index contributed by atoms with van der Waals surface area (Å²) in [6.07, 6.45) is -0.468. The molecular formula is C15H18N2O5. The fourth-order valence-corrected chi connectivity index (χ4v) is 2.06. The largest absolute Gasteiger partial charge is 0.478 e. The van der Waals surface area contributed by atoms with E-state index in [1.807, 2.05) is 0 Å². The van der Waals surface area contributed by atoms with Gasteiger partial charge in [-0.15, -0.1) is 0 Å². The van der Waals surface area contributed by atoms with Gasteiger partial charge in [-0.05, 0) is 39.0 Å². The van der Waals surface area contributed by atoms with E-state index >= 15 is 0 Å². The van der Waals surface area contributed by atoms with E-state index < -0.39 is 17.7 Å². The molecule has 0 unspecified atom stereocenters. The van der Waals surface area contributed by atoms with Crippen LogP contribution in [0.3, 0.4) is 0 Å². The lowest BCUT2D eigenvalue weighted by Gasteiger charge is -2.27. The van der Waals surface area contributed by atoms with Gasteiger partial charge in [-0.2, -0.15) is 0 Å². The highest BCUT2D eigenvalue weighted by Crippen LogP contribution is 2.31. The van der Waals surface area contributed by atoms with E-state index in [1.165, 1.54) is 23.1 Å². The molecule has 1 heterocycles. The van der Waals surface area contributed by atoms with Crippen LogP contribution in [-0.2, 0) is 9.53 Å². The van der Waals surface area contributed by atoms with Crippen molar-refractivity contribution in [3.8, 4) is 0 Å². The molecule has 2 N–H and O–H groups in total. The normalized spacial score (nSPS) is 14.7. The molecular weight excluding hydrogens is 288 g/mol. The number of carbonyl (C=O) groups excluding carboxylic acids is 2. The lowest BCUT2D eigenvalue weighted by molar-refractivity contribution is -0.115. The van der Waals surface area contributed by atoms with E-state index in [0.717, 1.165) is 0 Å².